The van der Waals surface area contributed by atoms with Gasteiger partial charge in [0, 0.05) is 38.2 Å². The maximum absolute atomic E-state index is 12.6. The maximum Gasteiger partial charge on any atom is 0.433 e. The lowest BCUT2D eigenvalue weighted by Crippen LogP contribution is -2.36. The number of likely N-dealkylation sites (tertiary alicyclic amines) is 1. The molecule has 1 saturated heterocycles. The van der Waals surface area contributed by atoms with Crippen LogP contribution in [-0.2, 0) is 19.3 Å². The third-order valence-electron chi connectivity index (χ3n) is 4.54. The monoisotopic (exact) mass is 402 g/mol. The third kappa shape index (κ3) is 5.04. The zero-order valence-corrected chi connectivity index (χ0v) is 15.9. The van der Waals surface area contributed by atoms with Gasteiger partial charge in [-0.05, 0) is 31.8 Å². The van der Waals surface area contributed by atoms with Crippen LogP contribution in [0.25, 0.3) is 0 Å². The predicted molar refractivity (Wildman–Crippen MR) is 95.7 cm³/mol. The number of hydrogen-bond donors (Lipinski definition) is 0. The van der Waals surface area contributed by atoms with Gasteiger partial charge in [-0.3, -0.25) is 14.3 Å². The van der Waals surface area contributed by atoms with E-state index >= 15 is 0 Å². The van der Waals surface area contributed by atoms with Crippen molar-refractivity contribution in [2.24, 2.45) is 5.92 Å². The lowest BCUT2D eigenvalue weighted by atomic mass is 9.96. The maximum atomic E-state index is 12.6. The van der Waals surface area contributed by atoms with Crippen LogP contribution >= 0.6 is 11.5 Å². The number of alkyl halides is 3. The second-order valence-corrected chi connectivity index (χ2v) is 7.60. The quantitative estimate of drug-likeness (QED) is 0.763. The highest BCUT2D eigenvalue weighted by molar-refractivity contribution is 7.09. The highest BCUT2D eigenvalue weighted by atomic mass is 32.1. The average Bonchev–Trinajstić information content (AvgIpc) is 3.06. The molecule has 3 heterocycles. The summed E-state index contributed by atoms with van der Waals surface area (Å²) in [6.07, 6.45) is -1.88. The summed E-state index contributed by atoms with van der Waals surface area (Å²) >= 11 is 1.37. The van der Waals surface area contributed by atoms with Crippen molar-refractivity contribution in [3.63, 3.8) is 0 Å². The summed E-state index contributed by atoms with van der Waals surface area (Å²) in [7, 11) is 3.85. The van der Waals surface area contributed by atoms with Crippen molar-refractivity contribution in [3.8, 4) is 0 Å². The van der Waals surface area contributed by atoms with Gasteiger partial charge < -0.3 is 4.90 Å². The van der Waals surface area contributed by atoms with Crippen molar-refractivity contribution in [1.29, 1.82) is 0 Å². The summed E-state index contributed by atoms with van der Waals surface area (Å²) in [6.45, 7) is 2.74. The molecule has 0 spiro atoms. The van der Waals surface area contributed by atoms with Crippen molar-refractivity contribution in [3.05, 3.63) is 34.3 Å². The minimum atomic E-state index is -4.60. The summed E-state index contributed by atoms with van der Waals surface area (Å²) in [5, 5.41) is 0.870. The summed E-state index contributed by atoms with van der Waals surface area (Å²) in [5.74, 6) is 1.03. The van der Waals surface area contributed by atoms with E-state index in [0.717, 1.165) is 43.2 Å². The summed E-state index contributed by atoms with van der Waals surface area (Å²) in [5.41, 5.74) is -1.81. The van der Waals surface area contributed by atoms with E-state index in [1.54, 1.807) is 0 Å². The number of aromatic nitrogens is 4. The molecule has 148 valence electrons. The fourth-order valence-corrected chi connectivity index (χ4v) is 3.61. The van der Waals surface area contributed by atoms with E-state index in [4.69, 9.17) is 0 Å². The highest BCUT2D eigenvalue weighted by Gasteiger charge is 2.33. The smallest absolute Gasteiger partial charge is 0.353 e. The minimum absolute atomic E-state index is 0.234. The summed E-state index contributed by atoms with van der Waals surface area (Å²) in [4.78, 5) is 23.9. The van der Waals surface area contributed by atoms with Crippen molar-refractivity contribution in [1.82, 2.24) is 23.8 Å². The second kappa shape index (κ2) is 7.93. The van der Waals surface area contributed by atoms with Crippen LogP contribution in [-0.4, -0.2) is 51.0 Å². The van der Waals surface area contributed by atoms with Crippen LogP contribution in [0.15, 0.2) is 17.2 Å². The molecule has 0 unspecified atom stereocenters. The molecule has 0 amide bonds. The molecule has 1 aliphatic heterocycles. The van der Waals surface area contributed by atoms with Gasteiger partial charge >= 0.3 is 6.18 Å². The lowest BCUT2D eigenvalue weighted by Gasteiger charge is -2.31. The van der Waals surface area contributed by atoms with Gasteiger partial charge in [0.25, 0.3) is 5.56 Å². The number of rotatable bonds is 5. The largest absolute Gasteiger partial charge is 0.433 e. The Hall–Kier alpha value is -2.01. The van der Waals surface area contributed by atoms with Crippen molar-refractivity contribution in [2.45, 2.75) is 32.1 Å². The van der Waals surface area contributed by atoms with Gasteiger partial charge in [0.1, 0.15) is 0 Å². The van der Waals surface area contributed by atoms with E-state index in [-0.39, 0.29) is 5.92 Å². The van der Waals surface area contributed by atoms with Crippen LogP contribution in [0, 0.1) is 5.92 Å². The van der Waals surface area contributed by atoms with E-state index in [1.165, 1.54) is 16.1 Å². The Morgan fingerprint density at radius 1 is 1.30 bits per heavy atom. The van der Waals surface area contributed by atoms with Gasteiger partial charge in [-0.1, -0.05) is 0 Å². The minimum Gasteiger partial charge on any atom is -0.353 e. The zero-order chi connectivity index (χ0) is 19.6. The summed E-state index contributed by atoms with van der Waals surface area (Å²) < 4.78 is 43.4. The molecule has 11 heteroatoms. The zero-order valence-electron chi connectivity index (χ0n) is 15.1. The van der Waals surface area contributed by atoms with Gasteiger partial charge in [0.2, 0.25) is 5.13 Å². The van der Waals surface area contributed by atoms with Gasteiger partial charge in [-0.15, -0.1) is 0 Å². The number of anilines is 1. The van der Waals surface area contributed by atoms with Crippen molar-refractivity contribution in [2.75, 3.05) is 32.1 Å². The van der Waals surface area contributed by atoms with Crippen LogP contribution in [0.4, 0.5) is 18.3 Å². The van der Waals surface area contributed by atoms with Gasteiger partial charge in [0.05, 0.1) is 12.9 Å². The molecule has 0 aromatic carbocycles. The van der Waals surface area contributed by atoms with E-state index in [1.807, 2.05) is 19.0 Å². The van der Waals surface area contributed by atoms with E-state index in [0.29, 0.717) is 19.2 Å². The molecule has 0 radical (unpaired) electrons. The molecule has 7 nitrogen and oxygen atoms in total. The molecule has 0 N–H and O–H groups in total. The van der Waals surface area contributed by atoms with Gasteiger partial charge in [-0.2, -0.15) is 17.5 Å². The molecule has 3 rings (SSSR count). The van der Waals surface area contributed by atoms with Crippen LogP contribution in [0.5, 0.6) is 0 Å². The van der Waals surface area contributed by atoms with Crippen LogP contribution in [0.1, 0.15) is 24.4 Å². The molecule has 1 aliphatic rings. The fourth-order valence-electron chi connectivity index (χ4n) is 3.01. The number of piperidine rings is 1. The Morgan fingerprint density at radius 2 is 2.00 bits per heavy atom. The molecular weight excluding hydrogens is 381 g/mol. The molecule has 27 heavy (non-hydrogen) atoms. The molecule has 0 atom stereocenters. The topological polar surface area (TPSA) is 67.2 Å². The van der Waals surface area contributed by atoms with Crippen molar-refractivity contribution >= 4 is 16.7 Å². The molecule has 0 aliphatic carbocycles. The normalized spacial score (nSPS) is 16.6. The first kappa shape index (κ1) is 19.7. The standard InChI is InChI=1S/C16H21F3N6OS/c1-23(2)15-21-13(22-27-15)9-24-5-3-11(4-6-24)8-25-10-20-12(7-14(25)26)16(17,18)19/h7,10-11H,3-6,8-9H2,1-2H3. The van der Waals surface area contributed by atoms with Gasteiger partial charge in [0.15, 0.2) is 11.5 Å². The van der Waals surface area contributed by atoms with Crippen molar-refractivity contribution < 1.29 is 13.2 Å². The number of halogens is 3. The van der Waals surface area contributed by atoms with E-state index in [9.17, 15) is 18.0 Å². The lowest BCUT2D eigenvalue weighted by molar-refractivity contribution is -0.141. The second-order valence-electron chi connectivity index (χ2n) is 6.87. The Bertz CT molecular complexity index is 826. The first-order chi connectivity index (χ1) is 12.7. The van der Waals surface area contributed by atoms with Crippen LogP contribution in [0.2, 0.25) is 0 Å². The highest BCUT2D eigenvalue weighted by Crippen LogP contribution is 2.26. The SMILES string of the molecule is CN(C)c1nc(CN2CCC(Cn3cnc(C(F)(F)F)cc3=O)CC2)ns1. The third-order valence-corrected chi connectivity index (χ3v) is 5.46. The van der Waals surface area contributed by atoms with E-state index in [2.05, 4.69) is 19.2 Å². The predicted octanol–water partition coefficient (Wildman–Crippen LogP) is 2.09. The van der Waals surface area contributed by atoms with Crippen LogP contribution in [0.3, 0.4) is 0 Å². The van der Waals surface area contributed by atoms with E-state index < -0.39 is 17.4 Å². The molecule has 1 fully saturated rings. The number of hydrogen-bond acceptors (Lipinski definition) is 7. The summed E-state index contributed by atoms with van der Waals surface area (Å²) in [6, 6.07) is 0.561. The Balaban J connectivity index is 1.53. The number of nitrogens with zero attached hydrogens (tertiary/aromatic N) is 6. The molecule has 0 bridgehead atoms. The molecular formula is C16H21F3N6OS. The molecule has 2 aromatic heterocycles. The molecule has 0 saturated carbocycles. The van der Waals surface area contributed by atoms with Crippen LogP contribution < -0.4 is 10.5 Å². The Morgan fingerprint density at radius 3 is 2.56 bits per heavy atom. The average molecular weight is 402 g/mol. The Kier molecular flexibility index (Phi) is 5.80. The Labute approximate surface area is 158 Å². The first-order valence-electron chi connectivity index (χ1n) is 8.58. The fraction of sp³-hybridized carbons (Fsp3) is 0.625. The van der Waals surface area contributed by atoms with Gasteiger partial charge in [-0.25, -0.2) is 9.97 Å². The first-order valence-corrected chi connectivity index (χ1v) is 9.35. The molecule has 2 aromatic rings.